The van der Waals surface area contributed by atoms with Gasteiger partial charge in [-0.1, -0.05) is 31.2 Å². The van der Waals surface area contributed by atoms with Gasteiger partial charge in [-0.05, 0) is 60.6 Å². The predicted octanol–water partition coefficient (Wildman–Crippen LogP) is 4.60. The van der Waals surface area contributed by atoms with Crippen molar-refractivity contribution in [3.05, 3.63) is 57.6 Å². The zero-order valence-electron chi connectivity index (χ0n) is 14.0. The topological polar surface area (TPSA) is 21.3 Å². The maximum Gasteiger partial charge on any atom is 0.125 e. The van der Waals surface area contributed by atoms with Gasteiger partial charge in [0, 0.05) is 11.1 Å². The van der Waals surface area contributed by atoms with E-state index in [1.807, 2.05) is 0 Å². The minimum atomic E-state index is 0.120. The maximum absolute atomic E-state index is 5.72. The summed E-state index contributed by atoms with van der Waals surface area (Å²) in [6, 6.07) is 9.23. The van der Waals surface area contributed by atoms with Crippen LogP contribution in [0.1, 0.15) is 46.3 Å². The summed E-state index contributed by atoms with van der Waals surface area (Å²) >= 11 is 0. The van der Waals surface area contributed by atoms with Crippen LogP contribution in [-0.4, -0.2) is 7.11 Å². The van der Waals surface area contributed by atoms with Gasteiger partial charge in [0.05, 0.1) is 13.2 Å². The lowest BCUT2D eigenvalue weighted by Gasteiger charge is -2.27. The van der Waals surface area contributed by atoms with E-state index < -0.39 is 0 Å². The molecule has 0 saturated carbocycles. The molecule has 2 aromatic rings. The quantitative estimate of drug-likeness (QED) is 0.829. The van der Waals surface area contributed by atoms with Crippen LogP contribution in [0.2, 0.25) is 0 Å². The highest BCUT2D eigenvalue weighted by Crippen LogP contribution is 2.59. The lowest BCUT2D eigenvalue weighted by molar-refractivity contribution is 0.403. The third kappa shape index (κ3) is 1.45. The average Bonchev–Trinajstić information content (AvgIpc) is 2.94. The molecule has 2 nitrogen and oxygen atoms in total. The molecule has 0 aromatic heterocycles. The summed E-state index contributed by atoms with van der Waals surface area (Å²) < 4.78 is 5.72. The van der Waals surface area contributed by atoms with Gasteiger partial charge in [-0.15, -0.1) is 0 Å². The summed E-state index contributed by atoms with van der Waals surface area (Å²) in [6.07, 6.45) is 1.10. The molecule has 0 fully saturated rings. The lowest BCUT2D eigenvalue weighted by Crippen LogP contribution is -2.25. The molecule has 2 heteroatoms. The molecule has 1 aliphatic carbocycles. The van der Waals surface area contributed by atoms with Gasteiger partial charge in [-0.3, -0.25) is 0 Å². The van der Waals surface area contributed by atoms with Gasteiger partial charge in [0.25, 0.3) is 0 Å². The molecular weight excluding hydrogens is 270 g/mol. The number of hydrogen-bond donors (Lipinski definition) is 1. The maximum atomic E-state index is 5.72. The third-order valence-electron chi connectivity index (χ3n) is 5.87. The second kappa shape index (κ2) is 4.28. The summed E-state index contributed by atoms with van der Waals surface area (Å²) in [5, 5.41) is 3.84. The number of fused-ring (bicyclic) bond motifs is 5. The SMILES string of the molecule is COc1c(C)c(C)c2c(c1C)C1(C)Cc3ccccc3C1N2. The summed E-state index contributed by atoms with van der Waals surface area (Å²) in [5.74, 6) is 1.05. The first kappa shape index (κ1) is 13.7. The largest absolute Gasteiger partial charge is 0.496 e. The van der Waals surface area contributed by atoms with E-state index in [1.54, 1.807) is 7.11 Å². The third-order valence-corrected chi connectivity index (χ3v) is 5.87. The van der Waals surface area contributed by atoms with Gasteiger partial charge in [0.2, 0.25) is 0 Å². The summed E-state index contributed by atoms with van der Waals surface area (Å²) in [6.45, 7) is 8.98. The molecule has 2 aliphatic rings. The molecule has 0 saturated heterocycles. The minimum absolute atomic E-state index is 0.120. The van der Waals surface area contributed by atoms with Crippen molar-refractivity contribution < 1.29 is 4.74 Å². The molecule has 2 unspecified atom stereocenters. The van der Waals surface area contributed by atoms with Gasteiger partial charge in [-0.25, -0.2) is 0 Å². The van der Waals surface area contributed by atoms with Crippen molar-refractivity contribution in [3.8, 4) is 5.75 Å². The van der Waals surface area contributed by atoms with Gasteiger partial charge in [-0.2, -0.15) is 0 Å². The lowest BCUT2D eigenvalue weighted by atomic mass is 9.76. The van der Waals surface area contributed by atoms with Crippen molar-refractivity contribution in [2.24, 2.45) is 0 Å². The highest BCUT2D eigenvalue weighted by molar-refractivity contribution is 5.76. The Morgan fingerprint density at radius 2 is 1.82 bits per heavy atom. The first-order chi connectivity index (χ1) is 10.5. The molecule has 2 atom stereocenters. The van der Waals surface area contributed by atoms with Crippen LogP contribution in [0.5, 0.6) is 5.75 Å². The highest BCUT2D eigenvalue weighted by atomic mass is 16.5. The van der Waals surface area contributed by atoms with Crippen LogP contribution in [0.25, 0.3) is 0 Å². The van der Waals surface area contributed by atoms with E-state index in [0.29, 0.717) is 6.04 Å². The Bertz CT molecular complexity index is 793. The van der Waals surface area contributed by atoms with E-state index in [0.717, 1.165) is 12.2 Å². The van der Waals surface area contributed by atoms with Crippen molar-refractivity contribution in [2.75, 3.05) is 12.4 Å². The van der Waals surface area contributed by atoms with E-state index >= 15 is 0 Å². The zero-order chi connectivity index (χ0) is 15.6. The van der Waals surface area contributed by atoms with Crippen LogP contribution < -0.4 is 10.1 Å². The average molecular weight is 293 g/mol. The zero-order valence-corrected chi connectivity index (χ0v) is 14.0. The first-order valence-electron chi connectivity index (χ1n) is 8.01. The highest BCUT2D eigenvalue weighted by Gasteiger charge is 2.51. The standard InChI is InChI=1S/C20H23NO/c1-11-12(2)18(22-5)13(3)16-17(11)21-19-15-9-7-6-8-14(15)10-20(16,19)4/h6-9,19,21H,10H2,1-5H3. The molecule has 1 heterocycles. The Kier molecular flexibility index (Phi) is 2.66. The van der Waals surface area contributed by atoms with Crippen LogP contribution in [-0.2, 0) is 11.8 Å². The molecule has 114 valence electrons. The van der Waals surface area contributed by atoms with E-state index in [9.17, 15) is 0 Å². The van der Waals surface area contributed by atoms with Gasteiger partial charge < -0.3 is 10.1 Å². The molecule has 1 N–H and O–H groups in total. The molecular formula is C20H23NO. The Balaban J connectivity index is 1.99. The smallest absolute Gasteiger partial charge is 0.125 e. The van der Waals surface area contributed by atoms with E-state index in [1.165, 1.54) is 39.1 Å². The van der Waals surface area contributed by atoms with Crippen molar-refractivity contribution in [1.29, 1.82) is 0 Å². The summed E-state index contributed by atoms with van der Waals surface area (Å²) in [7, 11) is 1.78. The number of ether oxygens (including phenoxy) is 1. The monoisotopic (exact) mass is 293 g/mol. The van der Waals surface area contributed by atoms with E-state index in [4.69, 9.17) is 4.74 Å². The van der Waals surface area contributed by atoms with Crippen LogP contribution in [0, 0.1) is 20.8 Å². The summed E-state index contributed by atoms with van der Waals surface area (Å²) in [4.78, 5) is 0. The molecule has 2 aromatic carbocycles. The number of hydrogen-bond acceptors (Lipinski definition) is 2. The number of rotatable bonds is 1. The Morgan fingerprint density at radius 1 is 1.09 bits per heavy atom. The van der Waals surface area contributed by atoms with Gasteiger partial charge in [0.15, 0.2) is 0 Å². The molecule has 0 bridgehead atoms. The second-order valence-corrected chi connectivity index (χ2v) is 7.03. The van der Waals surface area contributed by atoms with Crippen molar-refractivity contribution in [1.82, 2.24) is 0 Å². The minimum Gasteiger partial charge on any atom is -0.496 e. The fourth-order valence-electron chi connectivity index (χ4n) is 4.76. The predicted molar refractivity (Wildman–Crippen MR) is 91.1 cm³/mol. The Labute approximate surface area is 132 Å². The van der Waals surface area contributed by atoms with E-state index in [2.05, 4.69) is 57.3 Å². The van der Waals surface area contributed by atoms with Crippen LogP contribution in [0.4, 0.5) is 5.69 Å². The number of anilines is 1. The Morgan fingerprint density at radius 3 is 2.55 bits per heavy atom. The summed E-state index contributed by atoms with van der Waals surface area (Å²) in [5.41, 5.74) is 9.71. The Hall–Kier alpha value is -1.96. The van der Waals surface area contributed by atoms with Gasteiger partial charge in [0.1, 0.15) is 5.75 Å². The fraction of sp³-hybridized carbons (Fsp3) is 0.400. The molecule has 4 rings (SSSR count). The number of methoxy groups -OCH3 is 1. The van der Waals surface area contributed by atoms with Crippen LogP contribution in [0.15, 0.2) is 24.3 Å². The number of benzene rings is 2. The molecule has 0 spiro atoms. The number of nitrogens with one attached hydrogen (secondary N) is 1. The molecule has 0 radical (unpaired) electrons. The molecule has 22 heavy (non-hydrogen) atoms. The normalized spacial score (nSPS) is 24.5. The van der Waals surface area contributed by atoms with E-state index in [-0.39, 0.29) is 5.41 Å². The van der Waals surface area contributed by atoms with Gasteiger partial charge >= 0.3 is 0 Å². The second-order valence-electron chi connectivity index (χ2n) is 7.03. The fourth-order valence-corrected chi connectivity index (χ4v) is 4.76. The van der Waals surface area contributed by atoms with Crippen molar-refractivity contribution in [2.45, 2.75) is 45.6 Å². The van der Waals surface area contributed by atoms with Crippen LogP contribution >= 0.6 is 0 Å². The van der Waals surface area contributed by atoms with Crippen molar-refractivity contribution in [3.63, 3.8) is 0 Å². The van der Waals surface area contributed by atoms with Crippen LogP contribution in [0.3, 0.4) is 0 Å². The first-order valence-corrected chi connectivity index (χ1v) is 8.01. The molecule has 1 aliphatic heterocycles. The van der Waals surface area contributed by atoms with Crippen molar-refractivity contribution >= 4 is 5.69 Å². The molecule has 0 amide bonds.